The van der Waals surface area contributed by atoms with Crippen molar-refractivity contribution in [3.8, 4) is 0 Å². The van der Waals surface area contributed by atoms with Crippen molar-refractivity contribution in [1.29, 1.82) is 0 Å². The van der Waals surface area contributed by atoms with Crippen LogP contribution in [0.25, 0.3) is 10.8 Å². The van der Waals surface area contributed by atoms with E-state index < -0.39 is 5.54 Å². The third kappa shape index (κ3) is 2.18. The van der Waals surface area contributed by atoms with E-state index in [4.69, 9.17) is 0 Å². The lowest BCUT2D eigenvalue weighted by atomic mass is 9.97. The summed E-state index contributed by atoms with van der Waals surface area (Å²) in [6.07, 6.45) is 1.88. The number of hydrogen-bond donors (Lipinski definition) is 2. The molecule has 1 aromatic heterocycles. The molecule has 4 rings (SSSR count). The molecular formula is C18H21N3O. The summed E-state index contributed by atoms with van der Waals surface area (Å²) < 4.78 is 0. The van der Waals surface area contributed by atoms with Crippen LogP contribution in [0.5, 0.6) is 0 Å². The maximum absolute atomic E-state index is 12.5. The summed E-state index contributed by atoms with van der Waals surface area (Å²) in [6.45, 7) is 6.02. The minimum Gasteiger partial charge on any atom is -0.345 e. The lowest BCUT2D eigenvalue weighted by Gasteiger charge is -2.26. The van der Waals surface area contributed by atoms with Crippen molar-refractivity contribution in [2.24, 2.45) is 17.8 Å². The number of amides is 1. The Balaban J connectivity index is 1.55. The number of piperidine rings is 1. The summed E-state index contributed by atoms with van der Waals surface area (Å²) in [4.78, 5) is 17.1. The summed E-state index contributed by atoms with van der Waals surface area (Å²) in [5, 5.41) is 8.80. The van der Waals surface area contributed by atoms with Crippen LogP contribution < -0.4 is 10.6 Å². The van der Waals surface area contributed by atoms with Gasteiger partial charge in [0.1, 0.15) is 0 Å². The molecule has 2 heterocycles. The summed E-state index contributed by atoms with van der Waals surface area (Å²) in [6, 6.07) is 10.2. The number of nitrogens with one attached hydrogen (secondary N) is 2. The molecule has 1 aliphatic carbocycles. The predicted molar refractivity (Wildman–Crippen MR) is 86.3 cm³/mol. The number of benzene rings is 1. The quantitative estimate of drug-likeness (QED) is 0.911. The van der Waals surface area contributed by atoms with Crippen molar-refractivity contribution in [2.75, 3.05) is 13.1 Å². The normalized spacial score (nSPS) is 26.7. The SMILES string of the molecule is CC(C)(NC(=O)C1[C@H]2CNC[C@@H]12)c1cc2ccccc2cn1. The smallest absolute Gasteiger partial charge is 0.224 e. The molecular weight excluding hydrogens is 274 g/mol. The molecule has 0 bridgehead atoms. The van der Waals surface area contributed by atoms with E-state index in [0.29, 0.717) is 11.8 Å². The predicted octanol–water partition coefficient (Wildman–Crippen LogP) is 2.05. The fraction of sp³-hybridized carbons (Fsp3) is 0.444. The second-order valence-corrected chi connectivity index (χ2v) is 7.04. The van der Waals surface area contributed by atoms with Crippen molar-refractivity contribution in [2.45, 2.75) is 19.4 Å². The molecule has 2 fully saturated rings. The molecule has 2 aliphatic rings. The first-order valence-electron chi connectivity index (χ1n) is 7.94. The molecule has 1 unspecified atom stereocenters. The summed E-state index contributed by atoms with van der Waals surface area (Å²) in [5.74, 6) is 1.46. The minimum atomic E-state index is -0.453. The molecule has 1 amide bonds. The topological polar surface area (TPSA) is 54.0 Å². The first-order valence-corrected chi connectivity index (χ1v) is 7.94. The van der Waals surface area contributed by atoms with Crippen LogP contribution in [0.3, 0.4) is 0 Å². The number of rotatable bonds is 3. The molecule has 2 aromatic rings. The highest BCUT2D eigenvalue weighted by atomic mass is 16.2. The monoisotopic (exact) mass is 295 g/mol. The van der Waals surface area contributed by atoms with Gasteiger partial charge < -0.3 is 10.6 Å². The van der Waals surface area contributed by atoms with E-state index in [1.807, 2.05) is 32.2 Å². The molecule has 2 N–H and O–H groups in total. The fourth-order valence-electron chi connectivity index (χ4n) is 3.69. The van der Waals surface area contributed by atoms with Crippen molar-refractivity contribution in [3.05, 3.63) is 42.2 Å². The van der Waals surface area contributed by atoms with Crippen molar-refractivity contribution >= 4 is 16.7 Å². The van der Waals surface area contributed by atoms with Gasteiger partial charge in [-0.3, -0.25) is 9.78 Å². The third-order valence-electron chi connectivity index (χ3n) is 5.10. The molecule has 1 saturated carbocycles. The molecule has 1 aliphatic heterocycles. The van der Waals surface area contributed by atoms with E-state index in [2.05, 4.69) is 33.8 Å². The number of carbonyl (C=O) groups excluding carboxylic acids is 1. The van der Waals surface area contributed by atoms with E-state index in [1.54, 1.807) is 0 Å². The van der Waals surface area contributed by atoms with E-state index in [9.17, 15) is 4.79 Å². The number of fused-ring (bicyclic) bond motifs is 2. The average Bonchev–Trinajstić information content (AvgIpc) is 3.00. The lowest BCUT2D eigenvalue weighted by molar-refractivity contribution is -0.124. The molecule has 22 heavy (non-hydrogen) atoms. The summed E-state index contributed by atoms with van der Waals surface area (Å²) in [7, 11) is 0. The molecule has 0 spiro atoms. The number of carbonyl (C=O) groups is 1. The van der Waals surface area contributed by atoms with Crippen LogP contribution in [0.1, 0.15) is 19.5 Å². The van der Waals surface area contributed by atoms with Crippen molar-refractivity contribution in [3.63, 3.8) is 0 Å². The summed E-state index contributed by atoms with van der Waals surface area (Å²) >= 11 is 0. The van der Waals surface area contributed by atoms with Crippen molar-refractivity contribution < 1.29 is 4.79 Å². The van der Waals surface area contributed by atoms with Crippen LogP contribution >= 0.6 is 0 Å². The Labute approximate surface area is 130 Å². The first-order chi connectivity index (χ1) is 10.6. The second kappa shape index (κ2) is 4.78. The second-order valence-electron chi connectivity index (χ2n) is 7.04. The van der Waals surface area contributed by atoms with Gasteiger partial charge in [0.25, 0.3) is 0 Å². The van der Waals surface area contributed by atoms with E-state index in [0.717, 1.165) is 29.6 Å². The van der Waals surface area contributed by atoms with Crippen molar-refractivity contribution in [1.82, 2.24) is 15.6 Å². The average molecular weight is 295 g/mol. The standard InChI is InChI=1S/C18H21N3O/c1-18(2,21-17(22)16-13-9-19-10-14(13)16)15-7-11-5-3-4-6-12(11)8-20-15/h3-8,13-14,16,19H,9-10H2,1-2H3,(H,21,22)/t13-,14+,16?. The Hall–Kier alpha value is -1.94. The van der Waals surface area contributed by atoms with Gasteiger partial charge in [-0.25, -0.2) is 0 Å². The maximum atomic E-state index is 12.5. The van der Waals surface area contributed by atoms with Gasteiger partial charge >= 0.3 is 0 Å². The largest absolute Gasteiger partial charge is 0.345 e. The molecule has 0 radical (unpaired) electrons. The van der Waals surface area contributed by atoms with E-state index in [1.165, 1.54) is 0 Å². The van der Waals surface area contributed by atoms with Crippen LogP contribution in [0.15, 0.2) is 36.5 Å². The van der Waals surface area contributed by atoms with Crippen LogP contribution in [0, 0.1) is 17.8 Å². The molecule has 1 aromatic carbocycles. The van der Waals surface area contributed by atoms with E-state index in [-0.39, 0.29) is 11.8 Å². The minimum absolute atomic E-state index is 0.177. The molecule has 4 heteroatoms. The van der Waals surface area contributed by atoms with Gasteiger partial charge in [-0.05, 0) is 50.2 Å². The van der Waals surface area contributed by atoms with Gasteiger partial charge in [0.2, 0.25) is 5.91 Å². The van der Waals surface area contributed by atoms with Gasteiger partial charge in [-0.2, -0.15) is 0 Å². The van der Waals surface area contributed by atoms with Gasteiger partial charge in [-0.1, -0.05) is 24.3 Å². The molecule has 3 atom stereocenters. The Kier molecular flexibility index (Phi) is 2.98. The van der Waals surface area contributed by atoms with Crippen LogP contribution in [0.2, 0.25) is 0 Å². The highest BCUT2D eigenvalue weighted by Crippen LogP contribution is 2.49. The lowest BCUT2D eigenvalue weighted by Crippen LogP contribution is -2.43. The zero-order valence-electron chi connectivity index (χ0n) is 13.0. The fourth-order valence-corrected chi connectivity index (χ4v) is 3.69. The number of nitrogens with zero attached hydrogens (tertiary/aromatic N) is 1. The Morgan fingerprint density at radius 3 is 2.64 bits per heavy atom. The summed E-state index contributed by atoms with van der Waals surface area (Å²) in [5.41, 5.74) is 0.453. The third-order valence-corrected chi connectivity index (χ3v) is 5.10. The Bertz CT molecular complexity index is 730. The first kappa shape index (κ1) is 13.7. The molecule has 4 nitrogen and oxygen atoms in total. The van der Waals surface area contributed by atoms with Gasteiger partial charge in [0.15, 0.2) is 0 Å². The van der Waals surface area contributed by atoms with Crippen LogP contribution in [0.4, 0.5) is 0 Å². The van der Waals surface area contributed by atoms with Gasteiger partial charge in [0.05, 0.1) is 11.2 Å². The van der Waals surface area contributed by atoms with Crippen LogP contribution in [-0.2, 0) is 10.3 Å². The van der Waals surface area contributed by atoms with Crippen LogP contribution in [-0.4, -0.2) is 24.0 Å². The van der Waals surface area contributed by atoms with Gasteiger partial charge in [0, 0.05) is 17.5 Å². The Morgan fingerprint density at radius 2 is 1.91 bits per heavy atom. The van der Waals surface area contributed by atoms with E-state index >= 15 is 0 Å². The number of pyridine rings is 1. The molecule has 1 saturated heterocycles. The highest BCUT2D eigenvalue weighted by molar-refractivity contribution is 5.84. The zero-order chi connectivity index (χ0) is 15.3. The zero-order valence-corrected chi connectivity index (χ0v) is 13.0. The number of aromatic nitrogens is 1. The Morgan fingerprint density at radius 1 is 1.23 bits per heavy atom. The highest BCUT2D eigenvalue weighted by Gasteiger charge is 2.57. The van der Waals surface area contributed by atoms with Gasteiger partial charge in [-0.15, -0.1) is 0 Å². The molecule has 114 valence electrons. The maximum Gasteiger partial charge on any atom is 0.224 e. The number of hydrogen-bond acceptors (Lipinski definition) is 3.